The van der Waals surface area contributed by atoms with Gasteiger partial charge < -0.3 is 5.11 Å². The highest BCUT2D eigenvalue weighted by Crippen LogP contribution is 2.64. The maximum absolute atomic E-state index is 13.3. The molecule has 30 heavy (non-hydrogen) atoms. The Labute approximate surface area is 185 Å². The van der Waals surface area contributed by atoms with E-state index in [0.717, 1.165) is 47.8 Å². The van der Waals surface area contributed by atoms with Crippen molar-refractivity contribution in [3.05, 3.63) is 12.4 Å². The molecule has 1 aromatic heterocycles. The van der Waals surface area contributed by atoms with Gasteiger partial charge in [-0.1, -0.05) is 6.92 Å². The van der Waals surface area contributed by atoms with Crippen LogP contribution >= 0.6 is 11.8 Å². The number of aromatic nitrogens is 2. The summed E-state index contributed by atoms with van der Waals surface area (Å²) >= 11 is 1.68. The topological polar surface area (TPSA) is 55.1 Å². The normalized spacial score (nSPS) is 45.5. The highest BCUT2D eigenvalue weighted by Gasteiger charge is 2.58. The van der Waals surface area contributed by atoms with Crippen LogP contribution in [0.4, 0.5) is 0 Å². The fourth-order valence-corrected chi connectivity index (χ4v) is 8.80. The first kappa shape index (κ1) is 21.1. The second kappa shape index (κ2) is 7.65. The van der Waals surface area contributed by atoms with Crippen molar-refractivity contribution in [3.8, 4) is 0 Å². The van der Waals surface area contributed by atoms with E-state index < -0.39 is 5.60 Å². The van der Waals surface area contributed by atoms with Crippen LogP contribution in [0.25, 0.3) is 0 Å². The zero-order valence-corrected chi connectivity index (χ0v) is 19.7. The van der Waals surface area contributed by atoms with Crippen LogP contribution in [-0.4, -0.2) is 32.5 Å². The highest BCUT2D eigenvalue weighted by atomic mass is 32.2. The summed E-state index contributed by atoms with van der Waals surface area (Å²) in [7, 11) is 0. The Morgan fingerprint density at radius 1 is 1.13 bits per heavy atom. The molecule has 4 nitrogen and oxygen atoms in total. The lowest BCUT2D eigenvalue weighted by atomic mass is 9.49. The van der Waals surface area contributed by atoms with Crippen molar-refractivity contribution >= 4 is 17.5 Å². The van der Waals surface area contributed by atoms with Gasteiger partial charge >= 0.3 is 0 Å². The van der Waals surface area contributed by atoms with Crippen LogP contribution in [-0.2, 0) is 11.3 Å². The maximum Gasteiger partial charge on any atom is 0.157 e. The first-order chi connectivity index (χ1) is 14.3. The average Bonchev–Trinajstić information content (AvgIpc) is 3.30. The summed E-state index contributed by atoms with van der Waals surface area (Å²) in [5, 5.41) is 15.0. The number of nitrogens with zero attached hydrogens (tertiary/aromatic N) is 2. The first-order valence-electron chi connectivity index (χ1n) is 12.1. The molecule has 0 aliphatic heterocycles. The van der Waals surface area contributed by atoms with Gasteiger partial charge in [0.1, 0.15) is 0 Å². The summed E-state index contributed by atoms with van der Waals surface area (Å²) in [6, 6.07) is 0. The first-order valence-corrected chi connectivity index (χ1v) is 13.3. The van der Waals surface area contributed by atoms with Gasteiger partial charge in [0.25, 0.3) is 0 Å². The van der Waals surface area contributed by atoms with Gasteiger partial charge in [-0.25, -0.2) is 0 Å². The molecule has 4 saturated carbocycles. The van der Waals surface area contributed by atoms with E-state index in [1.807, 2.05) is 30.3 Å². The molecule has 0 spiro atoms. The van der Waals surface area contributed by atoms with E-state index >= 15 is 0 Å². The number of fused-ring (bicyclic) bond motifs is 5. The van der Waals surface area contributed by atoms with Crippen molar-refractivity contribution in [1.29, 1.82) is 0 Å². The molecule has 4 aliphatic rings. The molecule has 1 aromatic rings. The van der Waals surface area contributed by atoms with E-state index in [4.69, 9.17) is 0 Å². The molecule has 4 fully saturated rings. The van der Waals surface area contributed by atoms with Crippen molar-refractivity contribution in [2.45, 2.75) is 88.7 Å². The zero-order chi connectivity index (χ0) is 21.1. The molecule has 5 heteroatoms. The highest BCUT2D eigenvalue weighted by molar-refractivity contribution is 7.98. The number of rotatable bonds is 4. The van der Waals surface area contributed by atoms with Crippen LogP contribution in [0.1, 0.15) is 71.6 Å². The molecule has 5 rings (SSSR count). The van der Waals surface area contributed by atoms with E-state index in [1.54, 1.807) is 11.8 Å². The van der Waals surface area contributed by atoms with Gasteiger partial charge in [0.15, 0.2) is 5.78 Å². The molecule has 1 heterocycles. The lowest BCUT2D eigenvalue weighted by molar-refractivity contribution is -0.133. The predicted octanol–water partition coefficient (Wildman–Crippen LogP) is 5.19. The third-order valence-corrected chi connectivity index (χ3v) is 10.5. The lowest BCUT2D eigenvalue weighted by Gasteiger charge is -2.56. The minimum atomic E-state index is -0.440. The Hall–Kier alpha value is -0.810. The number of aliphatic hydroxyl groups is 1. The Balaban J connectivity index is 1.30. The van der Waals surface area contributed by atoms with Gasteiger partial charge in [-0.3, -0.25) is 9.48 Å². The molecule has 4 aliphatic carbocycles. The van der Waals surface area contributed by atoms with E-state index in [-0.39, 0.29) is 11.3 Å². The molecule has 0 saturated heterocycles. The van der Waals surface area contributed by atoms with Crippen LogP contribution in [0.5, 0.6) is 0 Å². The fourth-order valence-electron chi connectivity index (χ4n) is 8.42. The fraction of sp³-hybridized carbons (Fsp3) is 0.840. The second-order valence-corrected chi connectivity index (χ2v) is 12.3. The summed E-state index contributed by atoms with van der Waals surface area (Å²) in [4.78, 5) is 14.5. The average molecular weight is 431 g/mol. The lowest BCUT2D eigenvalue weighted by Crippen LogP contribution is -2.51. The van der Waals surface area contributed by atoms with Gasteiger partial charge in [0.2, 0.25) is 0 Å². The van der Waals surface area contributed by atoms with Crippen molar-refractivity contribution in [3.63, 3.8) is 0 Å². The van der Waals surface area contributed by atoms with E-state index in [0.29, 0.717) is 18.2 Å². The summed E-state index contributed by atoms with van der Waals surface area (Å²) in [6.45, 7) is 4.92. The van der Waals surface area contributed by atoms with E-state index in [9.17, 15) is 9.90 Å². The SMILES string of the molecule is CSc1cnn(CC(=O)[C@H]2CC[C@H]3[C@@H]4CC[C@@H]5C[C@](C)(O)CC[C@@H]5[C@H]4CC[C@]23C)c1. The van der Waals surface area contributed by atoms with Crippen LogP contribution in [0, 0.1) is 40.9 Å². The number of thioether (sulfide) groups is 1. The molecule has 8 atom stereocenters. The third kappa shape index (κ3) is 3.48. The summed E-state index contributed by atoms with van der Waals surface area (Å²) in [5.74, 6) is 4.50. The third-order valence-electron chi connectivity index (χ3n) is 9.79. The van der Waals surface area contributed by atoms with E-state index in [1.165, 1.54) is 38.5 Å². The molecule has 0 radical (unpaired) electrons. The Morgan fingerprint density at radius 3 is 2.70 bits per heavy atom. The number of hydrogen-bond donors (Lipinski definition) is 1. The Kier molecular flexibility index (Phi) is 5.37. The van der Waals surface area contributed by atoms with Crippen LogP contribution in [0.3, 0.4) is 0 Å². The molecule has 1 N–H and O–H groups in total. The van der Waals surface area contributed by atoms with E-state index in [2.05, 4.69) is 12.0 Å². The molecular weight excluding hydrogens is 392 g/mol. The Morgan fingerprint density at radius 2 is 1.93 bits per heavy atom. The number of hydrogen-bond acceptors (Lipinski definition) is 4. The van der Waals surface area contributed by atoms with Crippen LogP contribution in [0.15, 0.2) is 17.3 Å². The minimum Gasteiger partial charge on any atom is -0.390 e. The number of carbonyl (C=O) groups excluding carboxylic acids is 1. The van der Waals surface area contributed by atoms with Crippen molar-refractivity contribution < 1.29 is 9.90 Å². The van der Waals surface area contributed by atoms with Crippen LogP contribution < -0.4 is 0 Å². The number of Topliss-reactive ketones (excluding diaryl/α,β-unsaturated/α-hetero) is 1. The van der Waals surface area contributed by atoms with Crippen molar-refractivity contribution in [2.24, 2.45) is 40.9 Å². The predicted molar refractivity (Wildman–Crippen MR) is 120 cm³/mol. The minimum absolute atomic E-state index is 0.181. The second-order valence-electron chi connectivity index (χ2n) is 11.4. The smallest absolute Gasteiger partial charge is 0.157 e. The quantitative estimate of drug-likeness (QED) is 0.668. The van der Waals surface area contributed by atoms with Gasteiger partial charge in [-0.15, -0.1) is 11.8 Å². The molecule has 0 unspecified atom stereocenters. The summed E-state index contributed by atoms with van der Waals surface area (Å²) < 4.78 is 1.84. The van der Waals surface area contributed by atoms with Gasteiger partial charge in [0, 0.05) is 17.0 Å². The zero-order valence-electron chi connectivity index (χ0n) is 18.8. The van der Waals surface area contributed by atoms with Gasteiger partial charge in [-0.05, 0) is 106 Å². The number of carbonyl (C=O) groups is 1. The van der Waals surface area contributed by atoms with Crippen molar-refractivity contribution in [1.82, 2.24) is 9.78 Å². The van der Waals surface area contributed by atoms with Gasteiger partial charge in [-0.2, -0.15) is 5.10 Å². The molecular formula is C25H38N2O2S. The number of ketones is 1. The molecule has 166 valence electrons. The Bertz CT molecular complexity index is 805. The molecule has 0 amide bonds. The van der Waals surface area contributed by atoms with Crippen molar-refractivity contribution in [2.75, 3.05) is 6.26 Å². The largest absolute Gasteiger partial charge is 0.390 e. The molecule has 0 aromatic carbocycles. The van der Waals surface area contributed by atoms with Gasteiger partial charge in [0.05, 0.1) is 18.3 Å². The maximum atomic E-state index is 13.3. The molecule has 0 bridgehead atoms. The summed E-state index contributed by atoms with van der Waals surface area (Å²) in [6.07, 6.45) is 16.5. The standard InChI is InChI=1S/C25H38N2O2S/c1-24(29)10-8-18-16(12-24)4-5-20-19(18)9-11-25(2)21(20)6-7-22(25)23(28)15-27-14-17(30-3)13-26-27/h13-14,16,18-22,29H,4-12,15H2,1-3H3/t16-,18+,19-,20-,21+,22-,24-,25+/m1/s1. The van der Waals surface area contributed by atoms with Crippen LogP contribution in [0.2, 0.25) is 0 Å². The summed E-state index contributed by atoms with van der Waals surface area (Å²) in [5.41, 5.74) is -0.258. The monoisotopic (exact) mass is 430 g/mol.